The van der Waals surface area contributed by atoms with Gasteiger partial charge in [-0.05, 0) is 25.5 Å². The van der Waals surface area contributed by atoms with E-state index in [1.807, 2.05) is 26.0 Å². The van der Waals surface area contributed by atoms with Crippen LogP contribution in [0.3, 0.4) is 0 Å². The van der Waals surface area contributed by atoms with E-state index in [0.29, 0.717) is 11.5 Å². The molecule has 0 saturated carbocycles. The summed E-state index contributed by atoms with van der Waals surface area (Å²) in [7, 11) is 0.157. The van der Waals surface area contributed by atoms with Gasteiger partial charge in [0.25, 0.3) is 0 Å². The minimum absolute atomic E-state index is 0.108. The lowest BCUT2D eigenvalue weighted by Gasteiger charge is -2.18. The molecule has 0 bridgehead atoms. The predicted molar refractivity (Wildman–Crippen MR) is 81.7 cm³/mol. The maximum atomic E-state index is 11.6. The number of anilines is 1. The van der Waals surface area contributed by atoms with Crippen molar-refractivity contribution in [3.05, 3.63) is 17.7 Å². The number of sulfone groups is 1. The van der Waals surface area contributed by atoms with Crippen LogP contribution in [-0.4, -0.2) is 40.2 Å². The third-order valence-electron chi connectivity index (χ3n) is 3.08. The summed E-state index contributed by atoms with van der Waals surface area (Å²) >= 11 is 0. The molecule has 0 heterocycles. The molecule has 114 valence electrons. The van der Waals surface area contributed by atoms with Crippen molar-refractivity contribution in [2.45, 2.75) is 26.8 Å². The molecule has 0 aromatic heterocycles. The van der Waals surface area contributed by atoms with Crippen LogP contribution in [0.15, 0.2) is 12.1 Å². The number of benzene rings is 1. The molecule has 0 aliphatic rings. The van der Waals surface area contributed by atoms with Gasteiger partial charge in [0, 0.05) is 23.5 Å². The summed E-state index contributed by atoms with van der Waals surface area (Å²) in [5, 5.41) is 3.21. The Hall–Kier alpha value is -1.43. The Morgan fingerprint density at radius 1 is 1.20 bits per heavy atom. The highest BCUT2D eigenvalue weighted by molar-refractivity contribution is 7.91. The molecule has 1 aromatic carbocycles. The lowest BCUT2D eigenvalue weighted by atomic mass is 10.1. The van der Waals surface area contributed by atoms with E-state index in [2.05, 4.69) is 5.32 Å². The molecule has 0 saturated heterocycles. The molecule has 0 aliphatic carbocycles. The van der Waals surface area contributed by atoms with Gasteiger partial charge in [0.15, 0.2) is 21.3 Å². The zero-order valence-corrected chi connectivity index (χ0v) is 13.5. The van der Waals surface area contributed by atoms with E-state index in [9.17, 15) is 8.42 Å². The summed E-state index contributed by atoms with van der Waals surface area (Å²) < 4.78 is 33.7. The van der Waals surface area contributed by atoms with Crippen molar-refractivity contribution in [2.24, 2.45) is 0 Å². The van der Waals surface area contributed by atoms with Crippen LogP contribution in [0.5, 0.6) is 11.5 Å². The maximum absolute atomic E-state index is 11.6. The predicted octanol–water partition coefficient (Wildman–Crippen LogP) is 2.25. The van der Waals surface area contributed by atoms with Gasteiger partial charge in [0.05, 0.1) is 20.0 Å². The molecule has 20 heavy (non-hydrogen) atoms. The quantitative estimate of drug-likeness (QED) is 0.837. The van der Waals surface area contributed by atoms with Crippen LogP contribution in [-0.2, 0) is 9.84 Å². The van der Waals surface area contributed by atoms with E-state index < -0.39 is 9.84 Å². The Morgan fingerprint density at radius 3 is 2.25 bits per heavy atom. The zero-order valence-electron chi connectivity index (χ0n) is 12.7. The first-order chi connectivity index (χ1) is 9.32. The van der Waals surface area contributed by atoms with Gasteiger partial charge < -0.3 is 14.8 Å². The number of rotatable bonds is 7. The highest BCUT2D eigenvalue weighted by Crippen LogP contribution is 2.33. The average molecular weight is 301 g/mol. The van der Waals surface area contributed by atoms with Crippen molar-refractivity contribution >= 4 is 15.5 Å². The summed E-state index contributed by atoms with van der Waals surface area (Å²) in [5.41, 5.74) is 1.82. The third-order valence-corrected chi connectivity index (χ3v) is 4.96. The fraction of sp³-hybridized carbons (Fsp3) is 0.571. The largest absolute Gasteiger partial charge is 0.493 e. The minimum Gasteiger partial charge on any atom is -0.493 e. The van der Waals surface area contributed by atoms with E-state index in [1.165, 1.54) is 0 Å². The lowest BCUT2D eigenvalue weighted by Crippen LogP contribution is -2.27. The Balaban J connectivity index is 2.92. The summed E-state index contributed by atoms with van der Waals surface area (Å²) in [6.07, 6.45) is 0. The van der Waals surface area contributed by atoms with Crippen LogP contribution >= 0.6 is 0 Å². The second kappa shape index (κ2) is 6.83. The molecule has 1 N–H and O–H groups in total. The SMILES string of the molecule is CCS(=O)(=O)CC(C)Nc1cc(OC)c(OC)cc1C. The third kappa shape index (κ3) is 4.30. The molecule has 5 nitrogen and oxygen atoms in total. The van der Waals surface area contributed by atoms with Crippen molar-refractivity contribution in [1.29, 1.82) is 0 Å². The molecule has 1 unspecified atom stereocenters. The molecule has 1 rings (SSSR count). The van der Waals surface area contributed by atoms with Crippen molar-refractivity contribution in [3.63, 3.8) is 0 Å². The van der Waals surface area contributed by atoms with Crippen LogP contribution in [0.4, 0.5) is 5.69 Å². The van der Waals surface area contributed by atoms with Gasteiger partial charge in [-0.25, -0.2) is 8.42 Å². The second-order valence-corrected chi connectivity index (χ2v) is 7.16. The summed E-state index contributed by atoms with van der Waals surface area (Å²) in [6, 6.07) is 3.52. The minimum atomic E-state index is -3.00. The molecule has 0 radical (unpaired) electrons. The van der Waals surface area contributed by atoms with Gasteiger partial charge in [-0.1, -0.05) is 6.92 Å². The second-order valence-electron chi connectivity index (χ2n) is 4.77. The first-order valence-corrected chi connectivity index (χ1v) is 8.34. The molecule has 1 atom stereocenters. The lowest BCUT2D eigenvalue weighted by molar-refractivity contribution is 0.355. The van der Waals surface area contributed by atoms with Gasteiger partial charge in [0.2, 0.25) is 0 Å². The number of ether oxygens (including phenoxy) is 2. The number of aryl methyl sites for hydroxylation is 1. The van der Waals surface area contributed by atoms with E-state index >= 15 is 0 Å². The Morgan fingerprint density at radius 2 is 1.75 bits per heavy atom. The monoisotopic (exact) mass is 301 g/mol. The molecule has 6 heteroatoms. The van der Waals surface area contributed by atoms with Crippen molar-refractivity contribution in [1.82, 2.24) is 0 Å². The van der Waals surface area contributed by atoms with E-state index in [4.69, 9.17) is 9.47 Å². The standard InChI is InChI=1S/C14H23NO4S/c1-6-20(16,17)9-11(3)15-12-8-14(19-5)13(18-4)7-10(12)2/h7-8,11,15H,6,9H2,1-5H3. The molecule has 0 aliphatic heterocycles. The van der Waals surface area contributed by atoms with Gasteiger partial charge in [0.1, 0.15) is 0 Å². The van der Waals surface area contributed by atoms with Crippen LogP contribution in [0.25, 0.3) is 0 Å². The molecule has 1 aromatic rings. The average Bonchev–Trinajstić information content (AvgIpc) is 2.39. The molecular weight excluding hydrogens is 278 g/mol. The van der Waals surface area contributed by atoms with Gasteiger partial charge >= 0.3 is 0 Å². The molecule has 0 spiro atoms. The Labute approximate surface area is 121 Å². The number of nitrogens with one attached hydrogen (secondary N) is 1. The van der Waals surface area contributed by atoms with E-state index in [-0.39, 0.29) is 17.5 Å². The first kappa shape index (κ1) is 16.6. The number of hydrogen-bond acceptors (Lipinski definition) is 5. The van der Waals surface area contributed by atoms with Crippen molar-refractivity contribution < 1.29 is 17.9 Å². The van der Waals surface area contributed by atoms with Gasteiger partial charge in [-0.15, -0.1) is 0 Å². The zero-order chi connectivity index (χ0) is 15.3. The normalized spacial score (nSPS) is 12.8. The highest BCUT2D eigenvalue weighted by Gasteiger charge is 2.15. The van der Waals surface area contributed by atoms with E-state index in [0.717, 1.165) is 11.3 Å². The van der Waals surface area contributed by atoms with Gasteiger partial charge in [-0.2, -0.15) is 0 Å². The number of methoxy groups -OCH3 is 2. The molecular formula is C14H23NO4S. The summed E-state index contributed by atoms with van der Waals surface area (Å²) in [6.45, 7) is 5.44. The van der Waals surface area contributed by atoms with Crippen LogP contribution in [0, 0.1) is 6.92 Å². The summed E-state index contributed by atoms with van der Waals surface area (Å²) in [4.78, 5) is 0. The maximum Gasteiger partial charge on any atom is 0.162 e. The number of hydrogen-bond donors (Lipinski definition) is 1. The fourth-order valence-corrected chi connectivity index (χ4v) is 3.02. The highest BCUT2D eigenvalue weighted by atomic mass is 32.2. The smallest absolute Gasteiger partial charge is 0.162 e. The van der Waals surface area contributed by atoms with Crippen LogP contribution in [0.1, 0.15) is 19.4 Å². The van der Waals surface area contributed by atoms with Crippen LogP contribution in [0.2, 0.25) is 0 Å². The molecule has 0 fully saturated rings. The van der Waals surface area contributed by atoms with Crippen molar-refractivity contribution in [2.75, 3.05) is 31.0 Å². The Bertz CT molecular complexity index is 555. The topological polar surface area (TPSA) is 64.6 Å². The fourth-order valence-electron chi connectivity index (χ4n) is 1.94. The van der Waals surface area contributed by atoms with Crippen molar-refractivity contribution in [3.8, 4) is 11.5 Å². The molecule has 0 amide bonds. The van der Waals surface area contributed by atoms with Crippen LogP contribution < -0.4 is 14.8 Å². The van der Waals surface area contributed by atoms with E-state index in [1.54, 1.807) is 21.1 Å². The van der Waals surface area contributed by atoms with Gasteiger partial charge in [-0.3, -0.25) is 0 Å². The summed E-state index contributed by atoms with van der Waals surface area (Å²) in [5.74, 6) is 1.54. The first-order valence-electron chi connectivity index (χ1n) is 6.52. The Kier molecular flexibility index (Phi) is 5.68.